The van der Waals surface area contributed by atoms with Gasteiger partial charge in [0.15, 0.2) is 0 Å². The van der Waals surface area contributed by atoms with Gasteiger partial charge in [-0.3, -0.25) is 19.3 Å². The van der Waals surface area contributed by atoms with Gasteiger partial charge in [-0.2, -0.15) is 0 Å². The molecule has 1 saturated carbocycles. The fourth-order valence-electron chi connectivity index (χ4n) is 4.02. The van der Waals surface area contributed by atoms with Crippen molar-refractivity contribution in [2.45, 2.75) is 25.3 Å². The van der Waals surface area contributed by atoms with Crippen LogP contribution in [0, 0.1) is 11.7 Å². The predicted octanol–water partition coefficient (Wildman–Crippen LogP) is 3.62. The highest BCUT2D eigenvalue weighted by Gasteiger charge is 2.34. The van der Waals surface area contributed by atoms with Gasteiger partial charge in [0.1, 0.15) is 18.5 Å². The van der Waals surface area contributed by atoms with E-state index in [9.17, 15) is 27.6 Å². The van der Waals surface area contributed by atoms with Crippen LogP contribution in [0.5, 0.6) is 0 Å². The predicted molar refractivity (Wildman–Crippen MR) is 134 cm³/mol. The van der Waals surface area contributed by atoms with E-state index < -0.39 is 36.6 Å². The number of amides is 3. The van der Waals surface area contributed by atoms with Gasteiger partial charge in [-0.1, -0.05) is 11.6 Å². The Hall–Kier alpha value is -2.67. The van der Waals surface area contributed by atoms with Gasteiger partial charge in [-0.05, 0) is 49.1 Å². The van der Waals surface area contributed by atoms with Gasteiger partial charge in [-0.25, -0.2) is 13.2 Å². The van der Waals surface area contributed by atoms with E-state index in [4.69, 9.17) is 16.3 Å². The van der Waals surface area contributed by atoms with E-state index in [2.05, 4.69) is 10.6 Å². The fraction of sp³-hybridized carbons (Fsp3) is 0.458. The second-order valence-corrected chi connectivity index (χ2v) is 10.6. The molecule has 1 aliphatic heterocycles. The van der Waals surface area contributed by atoms with Crippen LogP contribution in [-0.4, -0.2) is 74.5 Å². The van der Waals surface area contributed by atoms with Crippen molar-refractivity contribution in [1.29, 1.82) is 0 Å². The summed E-state index contributed by atoms with van der Waals surface area (Å²) in [7, 11) is 0. The van der Waals surface area contributed by atoms with Crippen LogP contribution in [0.3, 0.4) is 0 Å². The summed E-state index contributed by atoms with van der Waals surface area (Å²) in [6.45, 7) is -0.198. The SMILES string of the molecule is O=C(NC[C@@H](C(=O)Nc1ccc(N2CCOCC2=O)cc1F)N(CC(F)F)CC1CC1)c1ccc(Cl)s1. The Morgan fingerprint density at radius 1 is 1.24 bits per heavy atom. The van der Waals surface area contributed by atoms with E-state index in [0.717, 1.165) is 30.2 Å². The molecule has 1 aromatic heterocycles. The number of benzene rings is 1. The third-order valence-electron chi connectivity index (χ3n) is 6.07. The van der Waals surface area contributed by atoms with Crippen molar-refractivity contribution in [3.8, 4) is 0 Å². The van der Waals surface area contributed by atoms with Crippen LogP contribution in [-0.2, 0) is 14.3 Å². The zero-order chi connectivity index (χ0) is 26.5. The summed E-state index contributed by atoms with van der Waals surface area (Å²) in [5, 5.41) is 5.08. The van der Waals surface area contributed by atoms with Gasteiger partial charge in [0.2, 0.25) is 5.91 Å². The van der Waals surface area contributed by atoms with Crippen LogP contribution in [0.4, 0.5) is 24.5 Å². The normalized spacial score (nSPS) is 16.8. The van der Waals surface area contributed by atoms with Gasteiger partial charge in [0.25, 0.3) is 18.2 Å². The van der Waals surface area contributed by atoms with Gasteiger partial charge in [-0.15, -0.1) is 11.3 Å². The first-order valence-electron chi connectivity index (χ1n) is 11.8. The van der Waals surface area contributed by atoms with Crippen LogP contribution in [0.2, 0.25) is 4.34 Å². The maximum absolute atomic E-state index is 14.9. The molecule has 0 bridgehead atoms. The molecule has 13 heteroatoms. The van der Waals surface area contributed by atoms with Gasteiger partial charge < -0.3 is 20.3 Å². The van der Waals surface area contributed by atoms with Crippen LogP contribution < -0.4 is 15.5 Å². The second-order valence-electron chi connectivity index (χ2n) is 8.87. The average molecular weight is 559 g/mol. The zero-order valence-electron chi connectivity index (χ0n) is 19.7. The van der Waals surface area contributed by atoms with E-state index in [1.54, 1.807) is 6.07 Å². The Balaban J connectivity index is 1.50. The molecule has 200 valence electrons. The Kier molecular flexibility index (Phi) is 9.06. The molecule has 1 saturated heterocycles. The molecule has 1 aliphatic carbocycles. The monoisotopic (exact) mass is 558 g/mol. The first kappa shape index (κ1) is 27.4. The molecule has 0 unspecified atom stereocenters. The highest BCUT2D eigenvalue weighted by Crippen LogP contribution is 2.31. The molecule has 2 N–H and O–H groups in total. The van der Waals surface area contributed by atoms with Crippen molar-refractivity contribution in [3.05, 3.63) is 45.4 Å². The molecule has 2 heterocycles. The number of carbonyl (C=O) groups is 3. The summed E-state index contributed by atoms with van der Waals surface area (Å²) >= 11 is 6.93. The van der Waals surface area contributed by atoms with E-state index >= 15 is 0 Å². The molecular formula is C24H26ClF3N4O4S. The van der Waals surface area contributed by atoms with Crippen LogP contribution in [0.1, 0.15) is 22.5 Å². The lowest BCUT2D eigenvalue weighted by molar-refractivity contribution is -0.125. The molecule has 2 fully saturated rings. The standard InChI is InChI=1S/C24H26ClF3N4O4S/c25-20-6-5-19(37-20)24(35)29-10-18(31(12-21(27)28)11-14-1-2-14)23(34)30-17-4-3-15(9-16(17)26)32-7-8-36-13-22(32)33/h3-6,9,14,18,21H,1-2,7-8,10-13H2,(H,29,35)(H,30,34)/t18-/m0/s1. The second kappa shape index (κ2) is 12.2. The average Bonchev–Trinajstić information content (AvgIpc) is 3.56. The van der Waals surface area contributed by atoms with Crippen LogP contribution in [0.25, 0.3) is 0 Å². The Bertz CT molecular complexity index is 1140. The molecule has 8 nitrogen and oxygen atoms in total. The summed E-state index contributed by atoms with van der Waals surface area (Å²) in [6, 6.07) is 5.83. The number of hydrogen-bond acceptors (Lipinski definition) is 6. The number of carbonyl (C=O) groups excluding carboxylic acids is 3. The summed E-state index contributed by atoms with van der Waals surface area (Å²) < 4.78 is 47.2. The Labute approximate surface area is 220 Å². The lowest BCUT2D eigenvalue weighted by Crippen LogP contribution is -2.52. The van der Waals surface area contributed by atoms with Crippen LogP contribution in [0.15, 0.2) is 30.3 Å². The minimum Gasteiger partial charge on any atom is -0.370 e. The Morgan fingerprint density at radius 3 is 2.65 bits per heavy atom. The van der Waals surface area contributed by atoms with Crippen molar-refractivity contribution >= 4 is 52.0 Å². The molecule has 1 aromatic carbocycles. The maximum atomic E-state index is 14.9. The first-order valence-corrected chi connectivity index (χ1v) is 12.9. The minimum absolute atomic E-state index is 0.105. The highest BCUT2D eigenvalue weighted by atomic mass is 35.5. The summed E-state index contributed by atoms with van der Waals surface area (Å²) in [6.07, 6.45) is -0.975. The third kappa shape index (κ3) is 7.44. The number of thiophene rings is 1. The van der Waals surface area contributed by atoms with E-state index in [1.165, 1.54) is 28.0 Å². The number of halogens is 4. The molecule has 1 atom stereocenters. The van der Waals surface area contributed by atoms with E-state index in [1.807, 2.05) is 0 Å². The number of nitrogens with zero attached hydrogens (tertiary/aromatic N) is 2. The van der Waals surface area contributed by atoms with Crippen molar-refractivity contribution in [2.75, 3.05) is 49.6 Å². The first-order chi connectivity index (χ1) is 17.7. The minimum atomic E-state index is -2.71. The lowest BCUT2D eigenvalue weighted by atomic mass is 10.1. The van der Waals surface area contributed by atoms with Gasteiger partial charge >= 0.3 is 0 Å². The molecular weight excluding hydrogens is 533 g/mol. The van der Waals surface area contributed by atoms with E-state index in [0.29, 0.717) is 21.5 Å². The molecule has 4 rings (SSSR count). The smallest absolute Gasteiger partial charge is 0.261 e. The number of anilines is 2. The zero-order valence-corrected chi connectivity index (χ0v) is 21.3. The number of alkyl halides is 2. The topological polar surface area (TPSA) is 91.0 Å². The fourth-order valence-corrected chi connectivity index (χ4v) is 4.98. The van der Waals surface area contributed by atoms with Crippen molar-refractivity contribution in [1.82, 2.24) is 10.2 Å². The van der Waals surface area contributed by atoms with E-state index in [-0.39, 0.29) is 43.8 Å². The number of hydrogen-bond donors (Lipinski definition) is 2. The summed E-state index contributed by atoms with van der Waals surface area (Å²) in [5.74, 6) is -2.15. The summed E-state index contributed by atoms with van der Waals surface area (Å²) in [5.41, 5.74) is 0.148. The van der Waals surface area contributed by atoms with Gasteiger partial charge in [0, 0.05) is 25.3 Å². The van der Waals surface area contributed by atoms with Gasteiger partial charge in [0.05, 0.1) is 28.1 Å². The number of ether oxygens (including phenoxy) is 1. The highest BCUT2D eigenvalue weighted by molar-refractivity contribution is 7.18. The van der Waals surface area contributed by atoms with Crippen molar-refractivity contribution in [3.63, 3.8) is 0 Å². The molecule has 3 amide bonds. The molecule has 2 aromatic rings. The molecule has 0 radical (unpaired) electrons. The Morgan fingerprint density at radius 2 is 2.03 bits per heavy atom. The quantitative estimate of drug-likeness (QED) is 0.440. The third-order valence-corrected chi connectivity index (χ3v) is 7.30. The lowest BCUT2D eigenvalue weighted by Gasteiger charge is -2.31. The maximum Gasteiger partial charge on any atom is 0.261 e. The molecule has 0 spiro atoms. The van der Waals surface area contributed by atoms with Crippen molar-refractivity contribution < 1.29 is 32.3 Å². The van der Waals surface area contributed by atoms with Crippen molar-refractivity contribution in [2.24, 2.45) is 5.92 Å². The molecule has 37 heavy (non-hydrogen) atoms. The van der Waals surface area contributed by atoms with Crippen LogP contribution >= 0.6 is 22.9 Å². The largest absolute Gasteiger partial charge is 0.370 e. The number of morpholine rings is 1. The molecule has 2 aliphatic rings. The summed E-state index contributed by atoms with van der Waals surface area (Å²) in [4.78, 5) is 40.9. The number of rotatable bonds is 11. The number of nitrogens with one attached hydrogen (secondary N) is 2.